The van der Waals surface area contributed by atoms with Gasteiger partial charge in [-0.05, 0) is 35.9 Å². The quantitative estimate of drug-likeness (QED) is 0.415. The number of benzene rings is 3. The Hall–Kier alpha value is -2.60. The Labute approximate surface area is 172 Å². The normalized spacial score (nSPS) is 12.1. The SMILES string of the molecule is O=S(=O)(c1ccccc1)n1c(/C=C/c2ccccc2)nc2cc(Cl)c(Cl)cc21. The first kappa shape index (κ1) is 18.7. The summed E-state index contributed by atoms with van der Waals surface area (Å²) in [4.78, 5) is 4.64. The molecule has 4 aromatic rings. The highest BCUT2D eigenvalue weighted by Gasteiger charge is 2.24. The molecule has 1 heterocycles. The third-order valence-corrected chi connectivity index (χ3v) is 6.64. The zero-order valence-corrected chi connectivity index (χ0v) is 16.8. The molecule has 0 saturated carbocycles. The lowest BCUT2D eigenvalue weighted by Gasteiger charge is -2.09. The Morgan fingerprint density at radius 2 is 1.43 bits per heavy atom. The van der Waals surface area contributed by atoms with E-state index in [0.717, 1.165) is 5.56 Å². The smallest absolute Gasteiger partial charge is 0.228 e. The Morgan fingerprint density at radius 1 is 0.821 bits per heavy atom. The molecular weight excluding hydrogens is 415 g/mol. The molecule has 0 aliphatic rings. The maximum atomic E-state index is 13.4. The van der Waals surface area contributed by atoms with Crippen LogP contribution < -0.4 is 0 Å². The van der Waals surface area contributed by atoms with Crippen molar-refractivity contribution in [3.63, 3.8) is 0 Å². The Morgan fingerprint density at radius 3 is 2.11 bits per heavy atom. The number of nitrogens with zero attached hydrogens (tertiary/aromatic N) is 2. The topological polar surface area (TPSA) is 52.0 Å². The largest absolute Gasteiger partial charge is 0.269 e. The van der Waals surface area contributed by atoms with E-state index in [4.69, 9.17) is 23.2 Å². The second kappa shape index (κ2) is 7.43. The molecule has 0 fully saturated rings. The van der Waals surface area contributed by atoms with E-state index in [1.807, 2.05) is 30.3 Å². The van der Waals surface area contributed by atoms with Crippen LogP contribution in [0.3, 0.4) is 0 Å². The van der Waals surface area contributed by atoms with Crippen molar-refractivity contribution in [2.75, 3.05) is 0 Å². The van der Waals surface area contributed by atoms with Crippen LogP contribution in [-0.2, 0) is 10.0 Å². The number of rotatable bonds is 4. The van der Waals surface area contributed by atoms with Gasteiger partial charge >= 0.3 is 0 Å². The van der Waals surface area contributed by atoms with Crippen LogP contribution in [0.2, 0.25) is 10.0 Å². The van der Waals surface area contributed by atoms with Gasteiger partial charge in [-0.3, -0.25) is 0 Å². The van der Waals surface area contributed by atoms with Crippen LogP contribution in [0, 0.1) is 0 Å². The molecule has 0 spiro atoms. The van der Waals surface area contributed by atoms with Gasteiger partial charge in [-0.1, -0.05) is 77.8 Å². The van der Waals surface area contributed by atoms with Crippen molar-refractivity contribution in [1.82, 2.24) is 8.96 Å². The fourth-order valence-corrected chi connectivity index (χ4v) is 4.64. The van der Waals surface area contributed by atoms with Crippen molar-refractivity contribution >= 4 is 56.4 Å². The van der Waals surface area contributed by atoms with Crippen molar-refractivity contribution in [2.45, 2.75) is 4.90 Å². The van der Waals surface area contributed by atoms with Crippen LogP contribution in [0.1, 0.15) is 11.4 Å². The predicted molar refractivity (Wildman–Crippen MR) is 114 cm³/mol. The molecular formula is C21H14Cl2N2O2S. The predicted octanol–water partition coefficient (Wildman–Crippen LogP) is 5.75. The number of imidazole rings is 1. The van der Waals surface area contributed by atoms with Crippen LogP contribution in [0.25, 0.3) is 23.2 Å². The zero-order valence-electron chi connectivity index (χ0n) is 14.5. The average Bonchev–Trinajstić information content (AvgIpc) is 3.06. The summed E-state index contributed by atoms with van der Waals surface area (Å²) in [6.45, 7) is 0. The molecule has 140 valence electrons. The Balaban J connectivity index is 1.97. The van der Waals surface area contributed by atoms with Crippen molar-refractivity contribution < 1.29 is 8.42 Å². The van der Waals surface area contributed by atoms with Crippen LogP contribution >= 0.6 is 23.2 Å². The van der Waals surface area contributed by atoms with Crippen LogP contribution in [-0.4, -0.2) is 17.4 Å². The van der Waals surface area contributed by atoms with Crippen LogP contribution in [0.15, 0.2) is 77.7 Å². The van der Waals surface area contributed by atoms with E-state index < -0.39 is 10.0 Å². The molecule has 0 bridgehead atoms. The van der Waals surface area contributed by atoms with Gasteiger partial charge in [-0.2, -0.15) is 0 Å². The van der Waals surface area contributed by atoms with E-state index in [1.54, 1.807) is 48.6 Å². The van der Waals surface area contributed by atoms with E-state index in [-0.39, 0.29) is 15.7 Å². The van der Waals surface area contributed by atoms with E-state index >= 15 is 0 Å². The third kappa shape index (κ3) is 3.44. The minimum Gasteiger partial charge on any atom is -0.228 e. The minimum absolute atomic E-state index is 0.162. The van der Waals surface area contributed by atoms with Gasteiger partial charge in [-0.25, -0.2) is 17.4 Å². The summed E-state index contributed by atoms with van der Waals surface area (Å²) in [6, 6.07) is 20.9. The summed E-state index contributed by atoms with van der Waals surface area (Å²) in [6.07, 6.45) is 3.47. The molecule has 3 aromatic carbocycles. The zero-order chi connectivity index (χ0) is 19.7. The molecule has 0 N–H and O–H groups in total. The average molecular weight is 429 g/mol. The second-order valence-electron chi connectivity index (χ2n) is 6.05. The van der Waals surface area contributed by atoms with Crippen molar-refractivity contribution in [1.29, 1.82) is 0 Å². The molecule has 0 aliphatic heterocycles. The van der Waals surface area contributed by atoms with Gasteiger partial charge in [0.1, 0.15) is 5.82 Å². The van der Waals surface area contributed by atoms with E-state index in [2.05, 4.69) is 4.98 Å². The first-order chi connectivity index (χ1) is 13.5. The second-order valence-corrected chi connectivity index (χ2v) is 8.65. The number of hydrogen-bond donors (Lipinski definition) is 0. The molecule has 4 rings (SSSR count). The monoisotopic (exact) mass is 428 g/mol. The third-order valence-electron chi connectivity index (χ3n) is 4.19. The van der Waals surface area contributed by atoms with Crippen LogP contribution in [0.4, 0.5) is 0 Å². The molecule has 0 saturated heterocycles. The molecule has 0 radical (unpaired) electrons. The number of halogens is 2. The summed E-state index contributed by atoms with van der Waals surface area (Å²) in [7, 11) is -3.89. The lowest BCUT2D eigenvalue weighted by Crippen LogP contribution is -2.14. The highest BCUT2D eigenvalue weighted by Crippen LogP contribution is 2.31. The first-order valence-electron chi connectivity index (χ1n) is 8.38. The number of aromatic nitrogens is 2. The molecule has 1 aromatic heterocycles. The van der Waals surface area contributed by atoms with Gasteiger partial charge in [0.2, 0.25) is 0 Å². The molecule has 28 heavy (non-hydrogen) atoms. The lowest BCUT2D eigenvalue weighted by molar-refractivity contribution is 0.588. The fraction of sp³-hybridized carbons (Fsp3) is 0. The van der Waals surface area contributed by atoms with Crippen molar-refractivity contribution in [2.24, 2.45) is 0 Å². The fourth-order valence-electron chi connectivity index (χ4n) is 2.86. The van der Waals surface area contributed by atoms with Gasteiger partial charge < -0.3 is 0 Å². The highest BCUT2D eigenvalue weighted by molar-refractivity contribution is 7.90. The summed E-state index contributed by atoms with van der Waals surface area (Å²) < 4.78 is 27.9. The van der Waals surface area contributed by atoms with Gasteiger partial charge in [0.25, 0.3) is 10.0 Å². The van der Waals surface area contributed by atoms with Crippen molar-refractivity contribution in [3.8, 4) is 0 Å². The highest BCUT2D eigenvalue weighted by atomic mass is 35.5. The van der Waals surface area contributed by atoms with Gasteiger partial charge in [0, 0.05) is 0 Å². The van der Waals surface area contributed by atoms with Gasteiger partial charge in [-0.15, -0.1) is 0 Å². The Kier molecular flexibility index (Phi) is 4.98. The van der Waals surface area contributed by atoms with E-state index in [1.165, 1.54) is 10.0 Å². The lowest BCUT2D eigenvalue weighted by atomic mass is 10.2. The summed E-state index contributed by atoms with van der Waals surface area (Å²) in [5.41, 5.74) is 1.74. The number of fused-ring (bicyclic) bond motifs is 1. The minimum atomic E-state index is -3.89. The maximum Gasteiger partial charge on any atom is 0.269 e. The van der Waals surface area contributed by atoms with Gasteiger partial charge in [0.05, 0.1) is 26.0 Å². The standard InChI is InChI=1S/C21H14Cl2N2O2S/c22-17-13-19-20(14-18(17)23)25(28(26,27)16-9-5-2-6-10-16)21(24-19)12-11-15-7-3-1-4-8-15/h1-14H/b12-11+. The van der Waals surface area contributed by atoms with E-state index in [9.17, 15) is 8.42 Å². The summed E-state index contributed by atoms with van der Waals surface area (Å²) in [5.74, 6) is 0.265. The Bertz CT molecular complexity index is 1280. The molecule has 0 amide bonds. The molecule has 0 aliphatic carbocycles. The van der Waals surface area contributed by atoms with Crippen LogP contribution in [0.5, 0.6) is 0 Å². The molecule has 7 heteroatoms. The summed E-state index contributed by atoms with van der Waals surface area (Å²) >= 11 is 12.3. The molecule has 0 atom stereocenters. The number of hydrogen-bond acceptors (Lipinski definition) is 3. The van der Waals surface area contributed by atoms with Crippen molar-refractivity contribution in [3.05, 3.63) is 94.2 Å². The van der Waals surface area contributed by atoms with E-state index in [0.29, 0.717) is 16.1 Å². The maximum absolute atomic E-state index is 13.4. The molecule has 0 unspecified atom stereocenters. The van der Waals surface area contributed by atoms with Gasteiger partial charge in [0.15, 0.2) is 0 Å². The molecule has 4 nitrogen and oxygen atoms in total. The first-order valence-corrected chi connectivity index (χ1v) is 10.6. The summed E-state index contributed by atoms with van der Waals surface area (Å²) in [5, 5.41) is 0.576.